The number of rotatable bonds is 3. The molecule has 1 aromatic rings. The number of nitriles is 2. The fourth-order valence-corrected chi connectivity index (χ4v) is 1.40. The Bertz CT molecular complexity index is 568. The molecule has 0 aromatic heterocycles. The summed E-state index contributed by atoms with van der Waals surface area (Å²) in [6.45, 7) is 0. The zero-order valence-electron chi connectivity index (χ0n) is 9.12. The lowest BCUT2D eigenvalue weighted by Gasteiger charge is -2.13. The van der Waals surface area contributed by atoms with Crippen molar-refractivity contribution in [2.45, 2.75) is 6.36 Å². The Hall–Kier alpha value is -2.19. The fraction of sp³-hybridized carbons (Fsp3) is 0.0909. The molecule has 0 radical (unpaired) electrons. The van der Waals surface area contributed by atoms with Crippen LogP contribution in [0.25, 0.3) is 0 Å². The molecule has 8 heteroatoms. The van der Waals surface area contributed by atoms with Gasteiger partial charge < -0.3 is 10.1 Å². The number of allylic oxidation sites excluding steroid dienone is 1. The largest absolute Gasteiger partial charge is 0.573 e. The summed E-state index contributed by atoms with van der Waals surface area (Å²) < 4.78 is 40.8. The van der Waals surface area contributed by atoms with Gasteiger partial charge >= 0.3 is 6.36 Å². The Labute approximate surface area is 114 Å². The summed E-state index contributed by atoms with van der Waals surface area (Å²) in [5, 5.41) is 19.4. The highest BCUT2D eigenvalue weighted by Crippen LogP contribution is 2.33. The van der Waals surface area contributed by atoms with Gasteiger partial charge in [-0.3, -0.25) is 0 Å². The maximum absolute atomic E-state index is 12.2. The van der Waals surface area contributed by atoms with E-state index < -0.39 is 12.1 Å². The van der Waals surface area contributed by atoms with Gasteiger partial charge in [0.1, 0.15) is 17.7 Å². The summed E-state index contributed by atoms with van der Waals surface area (Å²) >= 11 is 3.02. The molecule has 0 unspecified atom stereocenters. The van der Waals surface area contributed by atoms with Crippen molar-refractivity contribution in [3.63, 3.8) is 0 Å². The van der Waals surface area contributed by atoms with Crippen LogP contribution in [0.5, 0.6) is 5.75 Å². The smallest absolute Gasteiger partial charge is 0.404 e. The highest BCUT2D eigenvalue weighted by atomic mass is 79.9. The van der Waals surface area contributed by atoms with Gasteiger partial charge in [0.2, 0.25) is 0 Å². The normalized spacial score (nSPS) is 10.0. The van der Waals surface area contributed by atoms with E-state index in [-0.39, 0.29) is 11.3 Å². The summed E-state index contributed by atoms with van der Waals surface area (Å²) in [6, 6.07) is 7.04. The number of alkyl halides is 3. The van der Waals surface area contributed by atoms with Crippen LogP contribution in [0.2, 0.25) is 0 Å². The zero-order valence-corrected chi connectivity index (χ0v) is 10.7. The van der Waals surface area contributed by atoms with Gasteiger partial charge in [0, 0.05) is 10.7 Å². The van der Waals surface area contributed by atoms with Gasteiger partial charge in [0.25, 0.3) is 0 Å². The first kappa shape index (κ1) is 14.9. The molecule has 0 bridgehead atoms. The monoisotopic (exact) mass is 331 g/mol. The van der Waals surface area contributed by atoms with Crippen molar-refractivity contribution in [2.24, 2.45) is 0 Å². The molecular formula is C11H5BrF3N3O. The van der Waals surface area contributed by atoms with Gasteiger partial charge in [-0.15, -0.1) is 13.2 Å². The SMILES string of the molecule is N#CC(C#N)=CNc1ccc(Br)cc1OC(F)(F)F. The number of hydrogen-bond donors (Lipinski definition) is 1. The van der Waals surface area contributed by atoms with Crippen LogP contribution < -0.4 is 10.1 Å². The Kier molecular flexibility index (Phi) is 4.79. The second-order valence-electron chi connectivity index (χ2n) is 3.11. The molecule has 0 saturated heterocycles. The van der Waals surface area contributed by atoms with E-state index in [1.54, 1.807) is 12.1 Å². The summed E-state index contributed by atoms with van der Waals surface area (Å²) in [5.74, 6) is -0.478. The molecule has 0 amide bonds. The van der Waals surface area contributed by atoms with E-state index in [0.717, 1.165) is 12.3 Å². The molecule has 0 aliphatic carbocycles. The maximum atomic E-state index is 12.2. The summed E-state index contributed by atoms with van der Waals surface area (Å²) in [7, 11) is 0. The predicted molar refractivity (Wildman–Crippen MR) is 63.8 cm³/mol. The second kappa shape index (κ2) is 6.12. The number of nitrogens with zero attached hydrogens (tertiary/aromatic N) is 2. The van der Waals surface area contributed by atoms with Crippen LogP contribution in [0.15, 0.2) is 34.4 Å². The first-order chi connectivity index (χ1) is 8.85. The Balaban J connectivity index is 3.05. The molecule has 1 N–H and O–H groups in total. The van der Waals surface area contributed by atoms with Gasteiger partial charge in [-0.1, -0.05) is 15.9 Å². The van der Waals surface area contributed by atoms with Crippen LogP contribution in [0.4, 0.5) is 18.9 Å². The van der Waals surface area contributed by atoms with Crippen molar-refractivity contribution >= 4 is 21.6 Å². The molecule has 4 nitrogen and oxygen atoms in total. The van der Waals surface area contributed by atoms with Crippen LogP contribution in [-0.2, 0) is 0 Å². The molecule has 1 aromatic carbocycles. The van der Waals surface area contributed by atoms with Crippen LogP contribution in [0.3, 0.4) is 0 Å². The van der Waals surface area contributed by atoms with Gasteiger partial charge in [0.05, 0.1) is 5.69 Å². The fourth-order valence-electron chi connectivity index (χ4n) is 1.06. The lowest BCUT2D eigenvalue weighted by atomic mass is 10.3. The molecule has 0 saturated carbocycles. The predicted octanol–water partition coefficient (Wildman–Crippen LogP) is 3.69. The molecule has 0 aliphatic rings. The molecule has 98 valence electrons. The van der Waals surface area contributed by atoms with Crippen molar-refractivity contribution in [1.82, 2.24) is 0 Å². The Morgan fingerprint density at radius 2 is 1.95 bits per heavy atom. The third-order valence-corrected chi connectivity index (χ3v) is 2.28. The van der Waals surface area contributed by atoms with E-state index in [1.165, 1.54) is 12.1 Å². The lowest BCUT2D eigenvalue weighted by molar-refractivity contribution is -0.274. The van der Waals surface area contributed by atoms with E-state index in [4.69, 9.17) is 10.5 Å². The van der Waals surface area contributed by atoms with Gasteiger partial charge in [-0.25, -0.2) is 0 Å². The highest BCUT2D eigenvalue weighted by Gasteiger charge is 2.32. The summed E-state index contributed by atoms with van der Waals surface area (Å²) in [4.78, 5) is 0. The first-order valence-corrected chi connectivity index (χ1v) is 5.47. The molecular weight excluding hydrogens is 327 g/mol. The standard InChI is InChI=1S/C11H5BrF3N3O/c12-8-1-2-9(18-6-7(4-16)5-17)10(3-8)19-11(13,14)15/h1-3,6,18H. The average molecular weight is 332 g/mol. The molecule has 0 aliphatic heterocycles. The first-order valence-electron chi connectivity index (χ1n) is 4.68. The van der Waals surface area contributed by atoms with Crippen molar-refractivity contribution in [2.75, 3.05) is 5.32 Å². The summed E-state index contributed by atoms with van der Waals surface area (Å²) in [5.41, 5.74) is -0.301. The Morgan fingerprint density at radius 1 is 1.32 bits per heavy atom. The van der Waals surface area contributed by atoms with Gasteiger partial charge in [-0.2, -0.15) is 10.5 Å². The van der Waals surface area contributed by atoms with Crippen LogP contribution in [0.1, 0.15) is 0 Å². The van der Waals surface area contributed by atoms with Crippen molar-refractivity contribution in [3.8, 4) is 17.9 Å². The molecule has 19 heavy (non-hydrogen) atoms. The minimum atomic E-state index is -4.84. The molecule has 0 atom stereocenters. The van der Waals surface area contributed by atoms with Crippen LogP contribution >= 0.6 is 15.9 Å². The van der Waals surface area contributed by atoms with Crippen LogP contribution in [0, 0.1) is 22.7 Å². The molecule has 0 spiro atoms. The zero-order chi connectivity index (χ0) is 14.5. The number of ether oxygens (including phenoxy) is 1. The number of nitrogens with one attached hydrogen (secondary N) is 1. The Morgan fingerprint density at radius 3 is 2.47 bits per heavy atom. The minimum Gasteiger partial charge on any atom is -0.404 e. The van der Waals surface area contributed by atoms with Crippen molar-refractivity contribution in [3.05, 3.63) is 34.4 Å². The average Bonchev–Trinajstić information content (AvgIpc) is 2.30. The van der Waals surface area contributed by atoms with Crippen LogP contribution in [-0.4, -0.2) is 6.36 Å². The molecule has 0 fully saturated rings. The molecule has 1 rings (SSSR count). The van der Waals surface area contributed by atoms with Crippen molar-refractivity contribution < 1.29 is 17.9 Å². The molecule has 0 heterocycles. The third kappa shape index (κ3) is 4.90. The van der Waals surface area contributed by atoms with E-state index in [1.807, 2.05) is 0 Å². The quantitative estimate of drug-likeness (QED) is 0.857. The lowest BCUT2D eigenvalue weighted by Crippen LogP contribution is -2.17. The second-order valence-corrected chi connectivity index (χ2v) is 4.03. The number of halogens is 4. The van der Waals surface area contributed by atoms with Gasteiger partial charge in [-0.05, 0) is 18.2 Å². The highest BCUT2D eigenvalue weighted by molar-refractivity contribution is 9.10. The minimum absolute atomic E-state index is 0.0245. The van der Waals surface area contributed by atoms with E-state index >= 15 is 0 Å². The number of benzene rings is 1. The van der Waals surface area contributed by atoms with E-state index in [2.05, 4.69) is 26.0 Å². The van der Waals surface area contributed by atoms with Gasteiger partial charge in [0.15, 0.2) is 5.75 Å². The van der Waals surface area contributed by atoms with E-state index in [9.17, 15) is 13.2 Å². The summed E-state index contributed by atoms with van der Waals surface area (Å²) in [6.07, 6.45) is -3.85. The van der Waals surface area contributed by atoms with E-state index in [0.29, 0.717) is 4.47 Å². The third-order valence-electron chi connectivity index (χ3n) is 1.78. The maximum Gasteiger partial charge on any atom is 0.573 e. The number of hydrogen-bond acceptors (Lipinski definition) is 4. The number of anilines is 1. The van der Waals surface area contributed by atoms with Crippen molar-refractivity contribution in [1.29, 1.82) is 10.5 Å². The topological polar surface area (TPSA) is 68.8 Å².